The van der Waals surface area contributed by atoms with E-state index in [4.69, 9.17) is 0 Å². The van der Waals surface area contributed by atoms with Crippen molar-refractivity contribution in [2.45, 2.75) is 19.8 Å². The molecule has 4 heterocycles. The third-order valence-corrected chi connectivity index (χ3v) is 13.9. The molecule has 13 rings (SSSR count). The molecule has 0 bridgehead atoms. The molecule has 0 spiro atoms. The molecule has 284 valence electrons. The summed E-state index contributed by atoms with van der Waals surface area (Å²) in [5.41, 5.74) is 27.3. The molecule has 4 aliphatic heterocycles. The van der Waals surface area contributed by atoms with E-state index in [9.17, 15) is 0 Å². The van der Waals surface area contributed by atoms with E-state index >= 15 is 0 Å². The maximum absolute atomic E-state index is 2.57. The van der Waals surface area contributed by atoms with Crippen molar-refractivity contribution >= 4 is 80.3 Å². The van der Waals surface area contributed by atoms with Crippen molar-refractivity contribution in [1.29, 1.82) is 0 Å². The van der Waals surface area contributed by atoms with Crippen LogP contribution in [-0.4, -0.2) is 13.4 Å². The minimum Gasteiger partial charge on any atom is -0.312 e. The van der Waals surface area contributed by atoms with Gasteiger partial charge in [0.2, 0.25) is 13.4 Å². The number of hydrogen-bond donors (Lipinski definition) is 0. The van der Waals surface area contributed by atoms with E-state index < -0.39 is 0 Å². The lowest BCUT2D eigenvalue weighted by molar-refractivity contribution is 0.867. The minimum absolute atomic E-state index is 0.0912. The zero-order chi connectivity index (χ0) is 40.3. The van der Waals surface area contributed by atoms with Crippen molar-refractivity contribution in [2.24, 2.45) is 0 Å². The van der Waals surface area contributed by atoms with Crippen LogP contribution in [0.1, 0.15) is 25.3 Å². The predicted molar refractivity (Wildman–Crippen MR) is 261 cm³/mol. The summed E-state index contributed by atoms with van der Waals surface area (Å²) in [7, 11) is 0. The first-order valence-electron chi connectivity index (χ1n) is 21.7. The van der Waals surface area contributed by atoms with E-state index in [0.29, 0.717) is 5.92 Å². The third-order valence-electron chi connectivity index (χ3n) is 13.9. The molecule has 61 heavy (non-hydrogen) atoms. The highest BCUT2D eigenvalue weighted by atomic mass is 15.2. The number of nitrogens with zero attached hydrogens (tertiary/aromatic N) is 2. The Bertz CT molecular complexity index is 3230. The second-order valence-corrected chi connectivity index (χ2v) is 17.4. The average Bonchev–Trinajstić information content (AvgIpc) is 3.84. The second kappa shape index (κ2) is 13.1. The molecule has 0 saturated carbocycles. The zero-order valence-corrected chi connectivity index (χ0v) is 34.2. The fourth-order valence-corrected chi connectivity index (χ4v) is 11.1. The van der Waals surface area contributed by atoms with Crippen LogP contribution >= 0.6 is 0 Å². The van der Waals surface area contributed by atoms with Crippen LogP contribution in [0.25, 0.3) is 44.5 Å². The number of hydrogen-bond acceptors (Lipinski definition) is 2. The van der Waals surface area contributed by atoms with Crippen LogP contribution in [0.5, 0.6) is 0 Å². The summed E-state index contributed by atoms with van der Waals surface area (Å²) in [6, 6.07) is 75.4. The SMILES string of the molecule is CC(C)c1ccc(-c2ccc3c(c2)-c2cccc4c2B3c2cc3c(cc2N4c2ccccc2)B2c4ccc(-c5ccccc5)cc4-c4cccc(c42)N3c2ccccc2)cc1. The van der Waals surface area contributed by atoms with Crippen molar-refractivity contribution in [2.75, 3.05) is 9.80 Å². The van der Waals surface area contributed by atoms with Gasteiger partial charge in [0, 0.05) is 34.1 Å². The lowest BCUT2D eigenvalue weighted by Crippen LogP contribution is -2.58. The fraction of sp³-hybridized carbons (Fsp3) is 0.0526. The third kappa shape index (κ3) is 5.00. The molecule has 2 nitrogen and oxygen atoms in total. The Morgan fingerprint density at radius 2 is 0.754 bits per heavy atom. The average molecular weight is 775 g/mol. The summed E-state index contributed by atoms with van der Waals surface area (Å²) < 4.78 is 0. The van der Waals surface area contributed by atoms with Crippen LogP contribution in [0.15, 0.2) is 200 Å². The van der Waals surface area contributed by atoms with Gasteiger partial charge < -0.3 is 9.80 Å². The highest BCUT2D eigenvalue weighted by Crippen LogP contribution is 2.45. The van der Waals surface area contributed by atoms with Crippen molar-refractivity contribution in [3.63, 3.8) is 0 Å². The van der Waals surface area contributed by atoms with Crippen molar-refractivity contribution in [3.8, 4) is 44.5 Å². The maximum Gasteiger partial charge on any atom is 0.248 e. The number of para-hydroxylation sites is 2. The lowest BCUT2D eigenvalue weighted by atomic mass is 9.34. The number of rotatable bonds is 5. The molecule has 4 heteroatoms. The van der Waals surface area contributed by atoms with E-state index in [2.05, 4.69) is 224 Å². The number of benzene rings is 9. The van der Waals surface area contributed by atoms with E-state index in [0.717, 1.165) is 0 Å². The molecule has 0 atom stereocenters. The molecule has 0 fully saturated rings. The molecular weight excluding hydrogens is 734 g/mol. The first-order chi connectivity index (χ1) is 30.1. The van der Waals surface area contributed by atoms with Gasteiger partial charge in [-0.3, -0.25) is 0 Å². The van der Waals surface area contributed by atoms with E-state index in [1.807, 2.05) is 0 Å². The van der Waals surface area contributed by atoms with Gasteiger partial charge in [0.15, 0.2) is 0 Å². The lowest BCUT2D eigenvalue weighted by Gasteiger charge is -2.41. The molecule has 9 aromatic carbocycles. The Labute approximate surface area is 358 Å². The normalized spacial score (nSPS) is 13.4. The van der Waals surface area contributed by atoms with E-state index in [1.165, 1.54) is 117 Å². The monoisotopic (exact) mass is 774 g/mol. The Balaban J connectivity index is 1.07. The first-order valence-corrected chi connectivity index (χ1v) is 21.7. The van der Waals surface area contributed by atoms with Crippen LogP contribution in [0, 0.1) is 0 Å². The summed E-state index contributed by atoms with van der Waals surface area (Å²) >= 11 is 0. The number of fused-ring (bicyclic) bond motifs is 10. The molecule has 0 N–H and O–H groups in total. The predicted octanol–water partition coefficient (Wildman–Crippen LogP) is 10.7. The fourth-order valence-electron chi connectivity index (χ4n) is 11.1. The minimum atomic E-state index is 0.0912. The Morgan fingerprint density at radius 1 is 0.328 bits per heavy atom. The van der Waals surface area contributed by atoms with Crippen LogP contribution in [-0.2, 0) is 0 Å². The van der Waals surface area contributed by atoms with Gasteiger partial charge in [-0.05, 0) is 139 Å². The van der Waals surface area contributed by atoms with Crippen molar-refractivity contribution in [3.05, 3.63) is 206 Å². The Hall–Kier alpha value is -7.29. The highest BCUT2D eigenvalue weighted by molar-refractivity contribution is 7.03. The molecule has 0 aliphatic carbocycles. The van der Waals surface area contributed by atoms with Crippen LogP contribution in [0.4, 0.5) is 34.1 Å². The first kappa shape index (κ1) is 34.6. The molecule has 0 saturated heterocycles. The highest BCUT2D eigenvalue weighted by Gasteiger charge is 2.47. The molecule has 0 aromatic heterocycles. The smallest absolute Gasteiger partial charge is 0.248 e. The largest absolute Gasteiger partial charge is 0.312 e. The van der Waals surface area contributed by atoms with Gasteiger partial charge in [-0.1, -0.05) is 164 Å². The van der Waals surface area contributed by atoms with Gasteiger partial charge in [0.25, 0.3) is 0 Å². The van der Waals surface area contributed by atoms with Gasteiger partial charge in [-0.2, -0.15) is 0 Å². The summed E-state index contributed by atoms with van der Waals surface area (Å²) in [6.07, 6.45) is 0. The standard InChI is InChI=1S/C57H40B2N2/c1-36(2)37-24-26-39(27-25-37)41-29-31-49-47(33-41)45-21-13-23-53-57(45)59(49)51-35-54-50(34-55(51)61(53)43-18-10-5-11-19-43)58-48-30-28-40(38-14-6-3-7-15-38)32-46(48)44-20-12-22-52(56(44)58)60(54)42-16-8-4-9-17-42/h3-36H,1-2H3. The maximum atomic E-state index is 2.57. The van der Waals surface area contributed by atoms with Gasteiger partial charge in [-0.25, -0.2) is 0 Å². The zero-order valence-electron chi connectivity index (χ0n) is 34.2. The molecule has 4 aliphatic rings. The summed E-state index contributed by atoms with van der Waals surface area (Å²) in [6.45, 7) is 4.71. The van der Waals surface area contributed by atoms with E-state index in [-0.39, 0.29) is 13.4 Å². The van der Waals surface area contributed by atoms with Crippen molar-refractivity contribution in [1.82, 2.24) is 0 Å². The summed E-state index contributed by atoms with van der Waals surface area (Å²) in [5, 5.41) is 0. The molecule has 9 aromatic rings. The van der Waals surface area contributed by atoms with Gasteiger partial charge in [0.1, 0.15) is 0 Å². The van der Waals surface area contributed by atoms with Crippen LogP contribution in [0.3, 0.4) is 0 Å². The quantitative estimate of drug-likeness (QED) is 0.161. The number of anilines is 6. The van der Waals surface area contributed by atoms with E-state index in [1.54, 1.807) is 0 Å². The van der Waals surface area contributed by atoms with Gasteiger partial charge in [-0.15, -0.1) is 0 Å². The molecule has 0 amide bonds. The van der Waals surface area contributed by atoms with Crippen LogP contribution in [0.2, 0.25) is 0 Å². The molecular formula is C57H40B2N2. The van der Waals surface area contributed by atoms with Crippen LogP contribution < -0.4 is 42.6 Å². The molecule has 0 radical (unpaired) electrons. The van der Waals surface area contributed by atoms with Crippen molar-refractivity contribution < 1.29 is 0 Å². The second-order valence-electron chi connectivity index (χ2n) is 17.4. The summed E-state index contributed by atoms with van der Waals surface area (Å²) in [4.78, 5) is 5.09. The molecule has 0 unspecified atom stereocenters. The Kier molecular flexibility index (Phi) is 7.42. The summed E-state index contributed by atoms with van der Waals surface area (Å²) in [5.74, 6) is 0.504. The van der Waals surface area contributed by atoms with Gasteiger partial charge >= 0.3 is 0 Å². The topological polar surface area (TPSA) is 6.48 Å². The Morgan fingerprint density at radius 3 is 1.21 bits per heavy atom. The van der Waals surface area contributed by atoms with Gasteiger partial charge in [0.05, 0.1) is 0 Å².